The predicted molar refractivity (Wildman–Crippen MR) is 104 cm³/mol. The van der Waals surface area contributed by atoms with Crippen LogP contribution in [0.15, 0.2) is 40.6 Å². The van der Waals surface area contributed by atoms with Crippen LogP contribution in [0.5, 0.6) is 0 Å². The van der Waals surface area contributed by atoms with Gasteiger partial charge in [0.2, 0.25) is 0 Å². The summed E-state index contributed by atoms with van der Waals surface area (Å²) in [7, 11) is -4.06. The second-order valence-electron chi connectivity index (χ2n) is 6.52. The molecule has 2 saturated heterocycles. The van der Waals surface area contributed by atoms with E-state index in [-0.39, 0.29) is 12.4 Å². The summed E-state index contributed by atoms with van der Waals surface area (Å²) >= 11 is 7.36. The number of hydrogen-bond acceptors (Lipinski definition) is 9. The molecule has 0 aliphatic carbocycles. The maximum Gasteiger partial charge on any atom is 0.472 e. The number of fused-ring (bicyclic) bond motifs is 2. The second kappa shape index (κ2) is 7.21. The minimum absolute atomic E-state index is 0.0294. The number of aromatic nitrogens is 4. The number of ether oxygens (including phenoxy) is 1. The molecule has 4 heterocycles. The topological polar surface area (TPSA) is 135 Å². The van der Waals surface area contributed by atoms with Gasteiger partial charge in [0, 0.05) is 16.3 Å². The Labute approximate surface area is 174 Å². The van der Waals surface area contributed by atoms with Gasteiger partial charge in [-0.3, -0.25) is 13.6 Å². The lowest BCUT2D eigenvalue weighted by Gasteiger charge is -2.26. The van der Waals surface area contributed by atoms with Crippen molar-refractivity contribution in [2.75, 3.05) is 12.3 Å². The number of benzene rings is 1. The molecule has 0 radical (unpaired) electrons. The molecule has 1 aromatic carbocycles. The summed E-state index contributed by atoms with van der Waals surface area (Å²) in [6.07, 6.45) is 0.118. The first-order valence-corrected chi connectivity index (χ1v) is 11.3. The van der Waals surface area contributed by atoms with E-state index in [2.05, 4.69) is 15.0 Å². The van der Waals surface area contributed by atoms with Crippen molar-refractivity contribution in [2.45, 2.75) is 34.9 Å². The fourth-order valence-corrected chi connectivity index (χ4v) is 5.34. The van der Waals surface area contributed by atoms with Crippen LogP contribution in [-0.4, -0.2) is 43.2 Å². The quantitative estimate of drug-likeness (QED) is 0.567. The lowest BCUT2D eigenvalue weighted by atomic mass is 10.2. The van der Waals surface area contributed by atoms with Gasteiger partial charge in [0.05, 0.1) is 6.61 Å². The van der Waals surface area contributed by atoms with Gasteiger partial charge in [0.15, 0.2) is 22.1 Å². The van der Waals surface area contributed by atoms with E-state index in [0.717, 1.165) is 4.90 Å². The van der Waals surface area contributed by atoms with Gasteiger partial charge in [-0.1, -0.05) is 23.4 Å². The van der Waals surface area contributed by atoms with Gasteiger partial charge in [0.1, 0.15) is 24.8 Å². The monoisotopic (exact) mass is 455 g/mol. The molecule has 4 atom stereocenters. The van der Waals surface area contributed by atoms with Crippen LogP contribution in [0.25, 0.3) is 11.2 Å². The number of rotatable bonds is 3. The normalized spacial score (nSPS) is 29.2. The zero-order chi connectivity index (χ0) is 20.2. The molecule has 152 valence electrons. The average molecular weight is 456 g/mol. The van der Waals surface area contributed by atoms with Gasteiger partial charge < -0.3 is 15.4 Å². The largest absolute Gasteiger partial charge is 0.472 e. The number of halogens is 1. The molecule has 2 aliphatic heterocycles. The van der Waals surface area contributed by atoms with Crippen LogP contribution < -0.4 is 5.73 Å². The van der Waals surface area contributed by atoms with E-state index in [1.165, 1.54) is 18.1 Å². The van der Waals surface area contributed by atoms with E-state index >= 15 is 0 Å². The summed E-state index contributed by atoms with van der Waals surface area (Å²) in [5, 5.41) is 1.22. The van der Waals surface area contributed by atoms with E-state index < -0.39 is 26.3 Å². The minimum atomic E-state index is -4.06. The van der Waals surface area contributed by atoms with Gasteiger partial charge in [-0.15, -0.1) is 0 Å². The zero-order valence-electron chi connectivity index (χ0n) is 14.7. The van der Waals surface area contributed by atoms with Crippen LogP contribution in [0.3, 0.4) is 0 Å². The number of hydrogen-bond donors (Lipinski definition) is 2. The van der Waals surface area contributed by atoms with Gasteiger partial charge in [0.25, 0.3) is 0 Å². The summed E-state index contributed by atoms with van der Waals surface area (Å²) in [6, 6.07) is 7.32. The Morgan fingerprint density at radius 3 is 2.86 bits per heavy atom. The molecule has 0 spiro atoms. The maximum absolute atomic E-state index is 11.7. The number of phosphoric ester groups is 1. The molecule has 5 rings (SSSR count). The van der Waals surface area contributed by atoms with Crippen molar-refractivity contribution in [3.8, 4) is 0 Å². The molecule has 2 fully saturated rings. The van der Waals surface area contributed by atoms with Crippen molar-refractivity contribution in [3.05, 3.63) is 35.6 Å². The molecular weight excluding hydrogens is 441 g/mol. The van der Waals surface area contributed by atoms with Gasteiger partial charge in [-0.25, -0.2) is 19.5 Å². The fourth-order valence-electron chi connectivity index (χ4n) is 3.33. The molecule has 0 saturated carbocycles. The second-order valence-corrected chi connectivity index (χ2v) is 9.41. The smallest absolute Gasteiger partial charge is 0.382 e. The number of imidazole rings is 1. The Kier molecular flexibility index (Phi) is 4.78. The van der Waals surface area contributed by atoms with Crippen molar-refractivity contribution >= 4 is 48.2 Å². The third-order valence-corrected chi connectivity index (χ3v) is 6.88. The van der Waals surface area contributed by atoms with E-state index in [1.54, 1.807) is 16.7 Å². The molecule has 3 aromatic rings. The summed E-state index contributed by atoms with van der Waals surface area (Å²) in [5.74, 6) is 0.251. The molecule has 0 bridgehead atoms. The van der Waals surface area contributed by atoms with Crippen LogP contribution in [0.2, 0.25) is 5.02 Å². The van der Waals surface area contributed by atoms with E-state index in [0.29, 0.717) is 27.8 Å². The van der Waals surface area contributed by atoms with Gasteiger partial charge in [-0.05, 0) is 24.3 Å². The highest BCUT2D eigenvalue weighted by Crippen LogP contribution is 2.53. The van der Waals surface area contributed by atoms with Crippen LogP contribution in [0, 0.1) is 0 Å². The summed E-state index contributed by atoms with van der Waals surface area (Å²) in [4.78, 5) is 23.5. The number of nitrogens with zero attached hydrogens (tertiary/aromatic N) is 4. The van der Waals surface area contributed by atoms with Crippen LogP contribution in [0.1, 0.15) is 12.6 Å². The molecule has 3 N–H and O–H groups in total. The maximum atomic E-state index is 11.7. The Hall–Kier alpha value is -1.72. The van der Waals surface area contributed by atoms with Gasteiger partial charge >= 0.3 is 7.82 Å². The van der Waals surface area contributed by atoms with Crippen molar-refractivity contribution in [2.24, 2.45) is 0 Å². The standard InChI is InChI=1S/C16H15ClN5O5PS/c17-8-1-3-9(4-2-8)29-16-21-13-14(18)19-7-20-15(13)22(16)12-5-10-11(26-12)6-25-28(23,24)27-10/h1-4,7,10-12H,5-6H2,(H,23,24)(H2,18,19,20)/t10-,11+,12+/m0/s1. The Morgan fingerprint density at radius 2 is 2.07 bits per heavy atom. The SMILES string of the molecule is Nc1ncnc2c1nc(Sc1ccc(Cl)cc1)n2[C@H]1C[C@@H]2OP(=O)(O)OC[C@H]2O1. The first-order valence-electron chi connectivity index (χ1n) is 8.63. The van der Waals surface area contributed by atoms with Crippen molar-refractivity contribution in [1.29, 1.82) is 0 Å². The van der Waals surface area contributed by atoms with Crippen molar-refractivity contribution in [1.82, 2.24) is 19.5 Å². The molecule has 13 heteroatoms. The van der Waals surface area contributed by atoms with E-state index in [9.17, 15) is 9.46 Å². The molecular formula is C16H15ClN5O5PS. The number of phosphoric acid groups is 1. The van der Waals surface area contributed by atoms with Gasteiger partial charge in [-0.2, -0.15) is 0 Å². The fraction of sp³-hybridized carbons (Fsp3) is 0.312. The summed E-state index contributed by atoms with van der Waals surface area (Å²) < 4.78 is 29.7. The number of anilines is 1. The highest BCUT2D eigenvalue weighted by molar-refractivity contribution is 7.99. The Morgan fingerprint density at radius 1 is 1.28 bits per heavy atom. The Balaban J connectivity index is 1.54. The molecule has 2 aromatic heterocycles. The summed E-state index contributed by atoms with van der Waals surface area (Å²) in [5.41, 5.74) is 6.95. The molecule has 1 unspecified atom stereocenters. The molecule has 29 heavy (non-hydrogen) atoms. The lowest BCUT2D eigenvalue weighted by molar-refractivity contribution is -0.0679. The molecule has 0 amide bonds. The van der Waals surface area contributed by atoms with E-state index in [4.69, 9.17) is 31.1 Å². The van der Waals surface area contributed by atoms with Crippen LogP contribution >= 0.6 is 31.2 Å². The highest BCUT2D eigenvalue weighted by atomic mass is 35.5. The predicted octanol–water partition coefficient (Wildman–Crippen LogP) is 3.02. The first kappa shape index (κ1) is 19.3. The van der Waals surface area contributed by atoms with Crippen molar-refractivity contribution < 1.29 is 23.2 Å². The lowest BCUT2D eigenvalue weighted by Crippen LogP contribution is -2.32. The Bertz CT molecular complexity index is 1130. The first-order chi connectivity index (χ1) is 13.9. The average Bonchev–Trinajstić information content (AvgIpc) is 3.24. The zero-order valence-corrected chi connectivity index (χ0v) is 17.2. The van der Waals surface area contributed by atoms with Crippen LogP contribution in [-0.2, 0) is 18.3 Å². The highest BCUT2D eigenvalue weighted by Gasteiger charge is 2.47. The number of nitrogen functional groups attached to an aromatic ring is 1. The number of nitrogens with two attached hydrogens (primary N) is 1. The van der Waals surface area contributed by atoms with Crippen LogP contribution in [0.4, 0.5) is 5.82 Å². The molecule has 10 nitrogen and oxygen atoms in total. The minimum Gasteiger partial charge on any atom is -0.382 e. The van der Waals surface area contributed by atoms with Crippen molar-refractivity contribution in [3.63, 3.8) is 0 Å². The third-order valence-electron chi connectivity index (χ3n) is 4.63. The van der Waals surface area contributed by atoms with E-state index in [1.807, 2.05) is 12.1 Å². The third kappa shape index (κ3) is 3.64. The molecule has 2 aliphatic rings. The summed E-state index contributed by atoms with van der Waals surface area (Å²) in [6.45, 7) is -0.0294.